The lowest BCUT2D eigenvalue weighted by Gasteiger charge is -2.34. The Balaban J connectivity index is 2.17. The summed E-state index contributed by atoms with van der Waals surface area (Å²) in [5.74, 6) is 0.169. The molecule has 1 aromatic heterocycles. The molecule has 0 saturated carbocycles. The summed E-state index contributed by atoms with van der Waals surface area (Å²) in [4.78, 5) is 15.2. The normalized spacial score (nSPS) is 21.1. The third-order valence-corrected chi connectivity index (χ3v) is 4.22. The second-order valence-electron chi connectivity index (χ2n) is 4.32. The molecular formula is C12H18N2OS. The van der Waals surface area contributed by atoms with Crippen molar-refractivity contribution in [2.75, 3.05) is 13.1 Å². The Morgan fingerprint density at radius 1 is 1.62 bits per heavy atom. The van der Waals surface area contributed by atoms with Crippen molar-refractivity contribution in [1.82, 2.24) is 4.90 Å². The van der Waals surface area contributed by atoms with E-state index in [4.69, 9.17) is 5.73 Å². The van der Waals surface area contributed by atoms with E-state index in [1.807, 2.05) is 23.3 Å². The highest BCUT2D eigenvalue weighted by Crippen LogP contribution is 2.23. The molecule has 1 saturated heterocycles. The maximum atomic E-state index is 12.3. The highest BCUT2D eigenvalue weighted by molar-refractivity contribution is 7.12. The Bertz CT molecular complexity index is 375. The van der Waals surface area contributed by atoms with Gasteiger partial charge in [-0.3, -0.25) is 4.79 Å². The van der Waals surface area contributed by atoms with Gasteiger partial charge in [0.05, 0.1) is 4.88 Å². The molecular weight excluding hydrogens is 220 g/mol. The van der Waals surface area contributed by atoms with Gasteiger partial charge in [0, 0.05) is 19.1 Å². The molecule has 0 bridgehead atoms. The fraction of sp³-hybridized carbons (Fsp3) is 0.583. The van der Waals surface area contributed by atoms with Crippen LogP contribution >= 0.6 is 11.3 Å². The van der Waals surface area contributed by atoms with Gasteiger partial charge >= 0.3 is 0 Å². The van der Waals surface area contributed by atoms with Gasteiger partial charge in [-0.05, 0) is 43.2 Å². The van der Waals surface area contributed by atoms with E-state index in [0.29, 0.717) is 6.54 Å². The number of nitrogens with zero attached hydrogens (tertiary/aromatic N) is 1. The Kier molecular flexibility index (Phi) is 3.61. The van der Waals surface area contributed by atoms with Crippen LogP contribution in [-0.2, 0) is 0 Å². The first-order valence-electron chi connectivity index (χ1n) is 5.79. The lowest BCUT2D eigenvalue weighted by Crippen LogP contribution is -2.47. The van der Waals surface area contributed by atoms with Crippen molar-refractivity contribution >= 4 is 17.2 Å². The molecule has 0 aliphatic carbocycles. The summed E-state index contributed by atoms with van der Waals surface area (Å²) < 4.78 is 0. The van der Waals surface area contributed by atoms with E-state index in [-0.39, 0.29) is 11.9 Å². The number of hydrogen-bond donors (Lipinski definition) is 1. The summed E-state index contributed by atoms with van der Waals surface area (Å²) in [7, 11) is 0. The zero-order valence-corrected chi connectivity index (χ0v) is 10.4. The van der Waals surface area contributed by atoms with Crippen molar-refractivity contribution in [1.29, 1.82) is 0 Å². The second-order valence-corrected chi connectivity index (χ2v) is 5.23. The van der Waals surface area contributed by atoms with Gasteiger partial charge in [0.2, 0.25) is 0 Å². The van der Waals surface area contributed by atoms with E-state index >= 15 is 0 Å². The van der Waals surface area contributed by atoms with Gasteiger partial charge in [-0.25, -0.2) is 0 Å². The molecule has 1 atom stereocenters. The summed E-state index contributed by atoms with van der Waals surface area (Å²) in [5, 5.41) is 1.98. The van der Waals surface area contributed by atoms with E-state index in [0.717, 1.165) is 29.8 Å². The molecule has 1 fully saturated rings. The van der Waals surface area contributed by atoms with Gasteiger partial charge in [-0.1, -0.05) is 0 Å². The first-order valence-corrected chi connectivity index (χ1v) is 6.67. The number of piperidine rings is 1. The molecule has 1 aliphatic heterocycles. The highest BCUT2D eigenvalue weighted by atomic mass is 32.1. The van der Waals surface area contributed by atoms with Crippen molar-refractivity contribution < 1.29 is 4.79 Å². The molecule has 1 aromatic rings. The van der Waals surface area contributed by atoms with Gasteiger partial charge in [0.25, 0.3) is 5.91 Å². The Labute approximate surface area is 100 Å². The van der Waals surface area contributed by atoms with Crippen LogP contribution < -0.4 is 5.73 Å². The number of carbonyl (C=O) groups excluding carboxylic acids is 1. The average molecular weight is 238 g/mol. The summed E-state index contributed by atoms with van der Waals surface area (Å²) in [5.41, 5.74) is 6.81. The summed E-state index contributed by atoms with van der Waals surface area (Å²) in [6, 6.07) is 2.24. The summed E-state index contributed by atoms with van der Waals surface area (Å²) in [6.45, 7) is 3.43. The minimum absolute atomic E-state index is 0.169. The van der Waals surface area contributed by atoms with Gasteiger partial charge in [-0.2, -0.15) is 0 Å². The predicted molar refractivity (Wildman–Crippen MR) is 66.8 cm³/mol. The Morgan fingerprint density at radius 2 is 2.44 bits per heavy atom. The standard InChI is InChI=1S/C12H18N2OS/c1-9-5-7-16-11(9)12(15)14-6-3-2-4-10(14)8-13/h5,7,10H,2-4,6,8,13H2,1H3/t10-/m0/s1. The molecule has 16 heavy (non-hydrogen) atoms. The lowest BCUT2D eigenvalue weighted by atomic mass is 10.0. The molecule has 2 heterocycles. The van der Waals surface area contributed by atoms with E-state index < -0.39 is 0 Å². The van der Waals surface area contributed by atoms with Crippen molar-refractivity contribution in [2.24, 2.45) is 5.73 Å². The topological polar surface area (TPSA) is 46.3 Å². The Hall–Kier alpha value is -0.870. The number of rotatable bonds is 2. The van der Waals surface area contributed by atoms with Gasteiger partial charge in [0.15, 0.2) is 0 Å². The van der Waals surface area contributed by atoms with Crippen LogP contribution in [0.3, 0.4) is 0 Å². The third kappa shape index (κ3) is 2.13. The van der Waals surface area contributed by atoms with Crippen LogP contribution in [0.5, 0.6) is 0 Å². The van der Waals surface area contributed by atoms with Gasteiger partial charge in [0.1, 0.15) is 0 Å². The van der Waals surface area contributed by atoms with E-state index in [9.17, 15) is 4.79 Å². The molecule has 0 radical (unpaired) electrons. The SMILES string of the molecule is Cc1ccsc1C(=O)N1CCCC[C@H]1CN. The van der Waals surface area contributed by atoms with Crippen molar-refractivity contribution in [3.05, 3.63) is 21.9 Å². The molecule has 4 heteroatoms. The molecule has 0 aromatic carbocycles. The fourth-order valence-corrected chi connectivity index (χ4v) is 3.12. The van der Waals surface area contributed by atoms with Crippen molar-refractivity contribution in [3.63, 3.8) is 0 Å². The number of thiophene rings is 1. The van der Waals surface area contributed by atoms with Crippen molar-refractivity contribution in [3.8, 4) is 0 Å². The number of carbonyl (C=O) groups is 1. The predicted octanol–water partition coefficient (Wildman–Crippen LogP) is 2.01. The van der Waals surface area contributed by atoms with Crippen LogP contribution in [0.1, 0.15) is 34.5 Å². The molecule has 1 aliphatic rings. The molecule has 2 N–H and O–H groups in total. The van der Waals surface area contributed by atoms with E-state index in [1.165, 1.54) is 17.8 Å². The van der Waals surface area contributed by atoms with Crippen LogP contribution in [0.2, 0.25) is 0 Å². The van der Waals surface area contributed by atoms with Crippen LogP contribution in [0.15, 0.2) is 11.4 Å². The van der Waals surface area contributed by atoms with Crippen LogP contribution in [0, 0.1) is 6.92 Å². The largest absolute Gasteiger partial charge is 0.334 e. The molecule has 0 unspecified atom stereocenters. The lowest BCUT2D eigenvalue weighted by molar-refractivity contribution is 0.0628. The van der Waals surface area contributed by atoms with Crippen LogP contribution in [0.4, 0.5) is 0 Å². The number of nitrogens with two attached hydrogens (primary N) is 1. The van der Waals surface area contributed by atoms with Gasteiger partial charge in [-0.15, -0.1) is 11.3 Å². The minimum atomic E-state index is 0.169. The molecule has 1 amide bonds. The first kappa shape index (κ1) is 11.6. The smallest absolute Gasteiger partial charge is 0.264 e. The maximum Gasteiger partial charge on any atom is 0.264 e. The fourth-order valence-electron chi connectivity index (χ4n) is 2.24. The third-order valence-electron chi connectivity index (χ3n) is 3.22. The molecule has 2 rings (SSSR count). The summed E-state index contributed by atoms with van der Waals surface area (Å²) in [6.07, 6.45) is 3.34. The zero-order chi connectivity index (χ0) is 11.5. The second kappa shape index (κ2) is 4.97. The first-order chi connectivity index (χ1) is 7.74. The monoisotopic (exact) mass is 238 g/mol. The average Bonchev–Trinajstić information content (AvgIpc) is 2.74. The maximum absolute atomic E-state index is 12.3. The molecule has 3 nitrogen and oxygen atoms in total. The number of aryl methyl sites for hydroxylation is 1. The highest BCUT2D eigenvalue weighted by Gasteiger charge is 2.27. The minimum Gasteiger partial charge on any atom is -0.334 e. The quantitative estimate of drug-likeness (QED) is 0.856. The number of likely N-dealkylation sites (tertiary alicyclic amines) is 1. The van der Waals surface area contributed by atoms with Crippen molar-refractivity contribution in [2.45, 2.75) is 32.2 Å². The number of hydrogen-bond acceptors (Lipinski definition) is 3. The van der Waals surface area contributed by atoms with Gasteiger partial charge < -0.3 is 10.6 Å². The Morgan fingerprint density at radius 3 is 3.06 bits per heavy atom. The summed E-state index contributed by atoms with van der Waals surface area (Å²) >= 11 is 1.53. The van der Waals surface area contributed by atoms with Crippen LogP contribution in [-0.4, -0.2) is 29.9 Å². The molecule has 0 spiro atoms. The van der Waals surface area contributed by atoms with E-state index in [2.05, 4.69) is 0 Å². The molecule has 88 valence electrons. The van der Waals surface area contributed by atoms with E-state index in [1.54, 1.807) is 0 Å². The van der Waals surface area contributed by atoms with Crippen LogP contribution in [0.25, 0.3) is 0 Å². The zero-order valence-electron chi connectivity index (χ0n) is 9.61. The number of amides is 1.